The van der Waals surface area contributed by atoms with Gasteiger partial charge in [-0.1, -0.05) is 6.92 Å². The highest BCUT2D eigenvalue weighted by Gasteiger charge is 2.04. The molecule has 3 heteroatoms. The third-order valence-electron chi connectivity index (χ3n) is 2.08. The lowest BCUT2D eigenvalue weighted by molar-refractivity contribution is 0.614. The molecule has 1 unspecified atom stereocenters. The number of fused-ring (bicyclic) bond motifs is 1. The molecule has 0 aliphatic heterocycles. The number of hydrogen-bond donors (Lipinski definition) is 0. The fourth-order valence-electron chi connectivity index (χ4n) is 1.38. The molecule has 14 heavy (non-hydrogen) atoms. The van der Waals surface area contributed by atoms with E-state index >= 15 is 0 Å². The summed E-state index contributed by atoms with van der Waals surface area (Å²) in [6.45, 7) is 2.03. The van der Waals surface area contributed by atoms with Crippen LogP contribution in [0.4, 0.5) is 0 Å². The molecule has 2 rings (SSSR count). The molecule has 74 valence electrons. The molecule has 0 aliphatic rings. The van der Waals surface area contributed by atoms with Crippen molar-refractivity contribution in [3.8, 4) is 0 Å². The van der Waals surface area contributed by atoms with Crippen LogP contribution in [0.5, 0.6) is 0 Å². The Labute approximate surface area is 85.4 Å². The van der Waals surface area contributed by atoms with E-state index in [0.717, 1.165) is 22.3 Å². The van der Waals surface area contributed by atoms with Gasteiger partial charge in [0, 0.05) is 16.0 Å². The predicted octanol–water partition coefficient (Wildman–Crippen LogP) is 2.95. The first-order valence-electron chi connectivity index (χ1n) is 4.67. The molecule has 1 aromatic heterocycles. The van der Waals surface area contributed by atoms with Gasteiger partial charge in [-0.15, -0.1) is 0 Å². The monoisotopic (exact) mass is 208 g/mol. The molecule has 0 fully saturated rings. The minimum atomic E-state index is -0.884. The van der Waals surface area contributed by atoms with E-state index in [9.17, 15) is 4.21 Å². The molecule has 0 bridgehead atoms. The third-order valence-corrected chi connectivity index (χ3v) is 3.64. The molecule has 1 atom stereocenters. The average molecular weight is 208 g/mol. The molecule has 0 spiro atoms. The standard InChI is InChI=1S/C11H12O2S/c1-2-7-14(12)10-4-3-9-5-6-13-11(9)8-10/h3-6,8H,2,7H2,1H3. The van der Waals surface area contributed by atoms with Crippen molar-refractivity contribution in [2.45, 2.75) is 18.2 Å². The van der Waals surface area contributed by atoms with Crippen molar-refractivity contribution in [3.05, 3.63) is 30.5 Å². The summed E-state index contributed by atoms with van der Waals surface area (Å²) in [6, 6.07) is 7.62. The van der Waals surface area contributed by atoms with E-state index in [1.54, 1.807) is 6.26 Å². The van der Waals surface area contributed by atoms with E-state index < -0.39 is 10.8 Å². The van der Waals surface area contributed by atoms with Crippen molar-refractivity contribution in [2.24, 2.45) is 0 Å². The van der Waals surface area contributed by atoms with Crippen LogP contribution in [-0.2, 0) is 10.8 Å². The summed E-state index contributed by atoms with van der Waals surface area (Å²) in [5, 5.41) is 1.06. The summed E-state index contributed by atoms with van der Waals surface area (Å²) in [7, 11) is -0.884. The Kier molecular flexibility index (Phi) is 2.68. The van der Waals surface area contributed by atoms with Gasteiger partial charge in [0.1, 0.15) is 5.58 Å². The van der Waals surface area contributed by atoms with Crippen LogP contribution in [-0.4, -0.2) is 9.96 Å². The van der Waals surface area contributed by atoms with Gasteiger partial charge in [-0.2, -0.15) is 0 Å². The highest BCUT2D eigenvalue weighted by atomic mass is 32.2. The highest BCUT2D eigenvalue weighted by Crippen LogP contribution is 2.19. The second-order valence-electron chi connectivity index (χ2n) is 3.17. The summed E-state index contributed by atoms with van der Waals surface area (Å²) in [4.78, 5) is 0.856. The van der Waals surface area contributed by atoms with Gasteiger partial charge >= 0.3 is 0 Å². The lowest BCUT2D eigenvalue weighted by atomic mass is 10.3. The normalized spacial score (nSPS) is 13.2. The van der Waals surface area contributed by atoms with E-state index in [1.807, 2.05) is 31.2 Å². The summed E-state index contributed by atoms with van der Waals surface area (Å²) < 4.78 is 16.9. The molecule has 2 aromatic rings. The summed E-state index contributed by atoms with van der Waals surface area (Å²) in [5.74, 6) is 0.714. The number of rotatable bonds is 3. The van der Waals surface area contributed by atoms with Crippen LogP contribution in [0, 0.1) is 0 Å². The van der Waals surface area contributed by atoms with Crippen LogP contribution in [0.2, 0.25) is 0 Å². The Bertz CT molecular complexity index is 459. The predicted molar refractivity (Wildman–Crippen MR) is 57.8 cm³/mol. The van der Waals surface area contributed by atoms with E-state index in [0.29, 0.717) is 5.75 Å². The van der Waals surface area contributed by atoms with Gasteiger partial charge in [0.2, 0.25) is 0 Å². The SMILES string of the molecule is CCCS(=O)c1ccc2ccoc2c1. The fourth-order valence-corrected chi connectivity index (χ4v) is 2.44. The molecule has 0 saturated carbocycles. The molecule has 0 radical (unpaired) electrons. The Morgan fingerprint density at radius 2 is 2.21 bits per heavy atom. The molecule has 2 nitrogen and oxygen atoms in total. The molecular formula is C11H12O2S. The minimum Gasteiger partial charge on any atom is -0.464 e. The third kappa shape index (κ3) is 1.73. The van der Waals surface area contributed by atoms with Gasteiger partial charge < -0.3 is 4.42 Å². The van der Waals surface area contributed by atoms with Crippen molar-refractivity contribution in [1.29, 1.82) is 0 Å². The van der Waals surface area contributed by atoms with E-state index in [2.05, 4.69) is 0 Å². The molecule has 1 heterocycles. The minimum absolute atomic E-state index is 0.714. The zero-order valence-electron chi connectivity index (χ0n) is 8.03. The van der Waals surface area contributed by atoms with Crippen molar-refractivity contribution >= 4 is 21.8 Å². The first-order chi connectivity index (χ1) is 6.81. The maximum atomic E-state index is 11.7. The molecule has 0 amide bonds. The van der Waals surface area contributed by atoms with Crippen LogP contribution in [0.3, 0.4) is 0 Å². The first kappa shape index (κ1) is 9.46. The van der Waals surface area contributed by atoms with Crippen molar-refractivity contribution < 1.29 is 8.63 Å². The fraction of sp³-hybridized carbons (Fsp3) is 0.273. The average Bonchev–Trinajstić information content (AvgIpc) is 2.64. The zero-order chi connectivity index (χ0) is 9.97. The number of furan rings is 1. The number of hydrogen-bond acceptors (Lipinski definition) is 2. The number of benzene rings is 1. The Morgan fingerprint density at radius 3 is 3.00 bits per heavy atom. The molecule has 0 saturated heterocycles. The molecular weight excluding hydrogens is 196 g/mol. The summed E-state index contributed by atoms with van der Waals surface area (Å²) in [5.41, 5.74) is 0.812. The van der Waals surface area contributed by atoms with Gasteiger partial charge in [0.15, 0.2) is 0 Å². The van der Waals surface area contributed by atoms with Crippen molar-refractivity contribution in [2.75, 3.05) is 5.75 Å². The lowest BCUT2D eigenvalue weighted by Gasteiger charge is -1.99. The van der Waals surface area contributed by atoms with Crippen LogP contribution in [0.25, 0.3) is 11.0 Å². The van der Waals surface area contributed by atoms with E-state index in [1.165, 1.54) is 0 Å². The van der Waals surface area contributed by atoms with Gasteiger partial charge in [-0.25, -0.2) is 0 Å². The smallest absolute Gasteiger partial charge is 0.135 e. The summed E-state index contributed by atoms with van der Waals surface area (Å²) in [6.07, 6.45) is 2.58. The van der Waals surface area contributed by atoms with Crippen LogP contribution in [0.15, 0.2) is 39.8 Å². The van der Waals surface area contributed by atoms with Gasteiger partial charge in [0.25, 0.3) is 0 Å². The topological polar surface area (TPSA) is 30.2 Å². The Morgan fingerprint density at radius 1 is 1.36 bits per heavy atom. The zero-order valence-corrected chi connectivity index (χ0v) is 8.84. The molecule has 1 aromatic carbocycles. The Balaban J connectivity index is 2.38. The van der Waals surface area contributed by atoms with E-state index in [4.69, 9.17) is 4.42 Å². The maximum absolute atomic E-state index is 11.7. The van der Waals surface area contributed by atoms with Crippen molar-refractivity contribution in [1.82, 2.24) is 0 Å². The lowest BCUT2D eigenvalue weighted by Crippen LogP contribution is -1.95. The second kappa shape index (κ2) is 3.96. The second-order valence-corrected chi connectivity index (χ2v) is 4.74. The van der Waals surface area contributed by atoms with Crippen LogP contribution >= 0.6 is 0 Å². The first-order valence-corrected chi connectivity index (χ1v) is 5.99. The quantitative estimate of drug-likeness (QED) is 0.776. The molecule has 0 aliphatic carbocycles. The molecule has 0 N–H and O–H groups in total. The van der Waals surface area contributed by atoms with Crippen LogP contribution in [0.1, 0.15) is 13.3 Å². The van der Waals surface area contributed by atoms with Crippen molar-refractivity contribution in [3.63, 3.8) is 0 Å². The van der Waals surface area contributed by atoms with Gasteiger partial charge in [0.05, 0.1) is 17.1 Å². The van der Waals surface area contributed by atoms with Gasteiger partial charge in [-0.3, -0.25) is 4.21 Å². The Hall–Kier alpha value is -1.09. The van der Waals surface area contributed by atoms with Crippen LogP contribution < -0.4 is 0 Å². The van der Waals surface area contributed by atoms with E-state index in [-0.39, 0.29) is 0 Å². The largest absolute Gasteiger partial charge is 0.464 e. The highest BCUT2D eigenvalue weighted by molar-refractivity contribution is 7.85. The summed E-state index contributed by atoms with van der Waals surface area (Å²) >= 11 is 0. The van der Waals surface area contributed by atoms with Gasteiger partial charge in [-0.05, 0) is 30.7 Å². The maximum Gasteiger partial charge on any atom is 0.135 e.